The molecule has 1 aromatic carbocycles. The number of allylic oxidation sites excluding steroid dienone is 1. The van der Waals surface area contributed by atoms with Crippen molar-refractivity contribution in [2.45, 2.75) is 12.8 Å². The molecule has 0 aliphatic rings. The van der Waals surface area contributed by atoms with Crippen molar-refractivity contribution in [2.75, 3.05) is 25.1 Å². The number of halogens is 1. The van der Waals surface area contributed by atoms with E-state index < -0.39 is 0 Å². The number of anilines is 1. The first-order chi connectivity index (χ1) is 7.84. The lowest BCUT2D eigenvalue weighted by Gasteiger charge is -2.08. The second-order valence-electron chi connectivity index (χ2n) is 3.45. The van der Waals surface area contributed by atoms with E-state index in [0.29, 0.717) is 6.61 Å². The molecule has 3 heteroatoms. The number of ether oxygens (including phenoxy) is 1. The lowest BCUT2D eigenvalue weighted by molar-refractivity contribution is 0.142. The zero-order valence-corrected chi connectivity index (χ0v) is 10.2. The maximum absolute atomic E-state index is 5.99. The minimum absolute atomic E-state index is 0.697. The molecular weight excluding hydrogens is 222 g/mol. The van der Waals surface area contributed by atoms with Gasteiger partial charge in [-0.25, -0.2) is 0 Å². The molecule has 0 bridgehead atoms. The van der Waals surface area contributed by atoms with E-state index in [0.717, 1.165) is 36.7 Å². The van der Waals surface area contributed by atoms with Crippen LogP contribution < -0.4 is 5.32 Å². The van der Waals surface area contributed by atoms with Gasteiger partial charge in [0.1, 0.15) is 0 Å². The lowest BCUT2D eigenvalue weighted by Crippen LogP contribution is -2.10. The van der Waals surface area contributed by atoms with Crippen LogP contribution in [-0.4, -0.2) is 19.8 Å². The van der Waals surface area contributed by atoms with E-state index in [9.17, 15) is 0 Å². The first-order valence-electron chi connectivity index (χ1n) is 5.51. The smallest absolute Gasteiger partial charge is 0.0639 e. The molecule has 2 nitrogen and oxygen atoms in total. The fourth-order valence-electron chi connectivity index (χ4n) is 1.29. The number of unbranched alkanes of at least 4 members (excludes halogenated alkanes) is 1. The van der Waals surface area contributed by atoms with Crippen LogP contribution in [0.25, 0.3) is 0 Å². The highest BCUT2D eigenvalue weighted by Crippen LogP contribution is 2.19. The third-order valence-corrected chi connectivity index (χ3v) is 2.46. The molecule has 0 aromatic heterocycles. The Balaban J connectivity index is 2.07. The third kappa shape index (κ3) is 5.19. The number of rotatable bonds is 8. The van der Waals surface area contributed by atoms with Crippen molar-refractivity contribution < 1.29 is 4.74 Å². The Morgan fingerprint density at radius 2 is 2.12 bits per heavy atom. The van der Waals surface area contributed by atoms with Gasteiger partial charge in [-0.1, -0.05) is 29.8 Å². The van der Waals surface area contributed by atoms with E-state index in [2.05, 4.69) is 11.9 Å². The third-order valence-electron chi connectivity index (χ3n) is 2.13. The van der Waals surface area contributed by atoms with Gasteiger partial charge >= 0.3 is 0 Å². The van der Waals surface area contributed by atoms with Gasteiger partial charge in [-0.3, -0.25) is 0 Å². The Morgan fingerprint density at radius 1 is 1.31 bits per heavy atom. The Labute approximate surface area is 102 Å². The molecule has 0 unspecified atom stereocenters. The Morgan fingerprint density at radius 3 is 2.88 bits per heavy atom. The minimum Gasteiger partial charge on any atom is -0.382 e. The van der Waals surface area contributed by atoms with Crippen LogP contribution in [0.1, 0.15) is 12.8 Å². The van der Waals surface area contributed by atoms with Gasteiger partial charge < -0.3 is 10.1 Å². The summed E-state index contributed by atoms with van der Waals surface area (Å²) in [6.07, 6.45) is 3.96. The zero-order valence-electron chi connectivity index (χ0n) is 9.42. The molecule has 0 fully saturated rings. The van der Waals surface area contributed by atoms with Crippen LogP contribution in [0.15, 0.2) is 36.9 Å². The highest BCUT2D eigenvalue weighted by molar-refractivity contribution is 6.33. The standard InChI is InChI=1S/C13H18ClNO/c1-2-3-6-10-16-11-9-15-13-8-5-4-7-12(13)14/h2,4-5,7-8,15H,1,3,6,9-11H2. The van der Waals surface area contributed by atoms with Crippen LogP contribution in [-0.2, 0) is 4.74 Å². The number of para-hydroxylation sites is 1. The van der Waals surface area contributed by atoms with Crippen LogP contribution in [0.2, 0.25) is 5.02 Å². The van der Waals surface area contributed by atoms with Crippen molar-refractivity contribution >= 4 is 17.3 Å². The monoisotopic (exact) mass is 239 g/mol. The van der Waals surface area contributed by atoms with Crippen molar-refractivity contribution in [1.82, 2.24) is 0 Å². The van der Waals surface area contributed by atoms with Crippen molar-refractivity contribution in [3.05, 3.63) is 41.9 Å². The highest BCUT2D eigenvalue weighted by Gasteiger charge is 1.96. The lowest BCUT2D eigenvalue weighted by atomic mass is 10.3. The first kappa shape index (κ1) is 13.1. The van der Waals surface area contributed by atoms with E-state index in [1.54, 1.807) is 0 Å². The van der Waals surface area contributed by atoms with Gasteiger partial charge in [-0.2, -0.15) is 0 Å². The largest absolute Gasteiger partial charge is 0.382 e. The number of nitrogens with one attached hydrogen (secondary N) is 1. The molecule has 1 rings (SSSR count). The maximum atomic E-state index is 5.99. The average molecular weight is 240 g/mol. The quantitative estimate of drug-likeness (QED) is 0.551. The van der Waals surface area contributed by atoms with E-state index in [1.165, 1.54) is 0 Å². The van der Waals surface area contributed by atoms with Crippen molar-refractivity contribution in [2.24, 2.45) is 0 Å². The molecular formula is C13H18ClNO. The molecule has 0 heterocycles. The summed E-state index contributed by atoms with van der Waals surface area (Å²) in [5.41, 5.74) is 0.957. The predicted octanol–water partition coefficient (Wildman–Crippen LogP) is 3.73. The minimum atomic E-state index is 0.697. The van der Waals surface area contributed by atoms with E-state index in [1.807, 2.05) is 30.3 Å². The summed E-state index contributed by atoms with van der Waals surface area (Å²) in [7, 11) is 0. The summed E-state index contributed by atoms with van der Waals surface area (Å²) in [5, 5.41) is 3.97. The van der Waals surface area contributed by atoms with Gasteiger partial charge in [0.2, 0.25) is 0 Å². The molecule has 1 N–H and O–H groups in total. The topological polar surface area (TPSA) is 21.3 Å². The van der Waals surface area contributed by atoms with Gasteiger partial charge in [0, 0.05) is 13.2 Å². The normalized spacial score (nSPS) is 10.1. The first-order valence-corrected chi connectivity index (χ1v) is 5.89. The molecule has 0 amide bonds. The van der Waals surface area contributed by atoms with Crippen LogP contribution >= 0.6 is 11.6 Å². The number of hydrogen-bond donors (Lipinski definition) is 1. The summed E-state index contributed by atoms with van der Waals surface area (Å²) in [6.45, 7) is 5.92. The summed E-state index contributed by atoms with van der Waals surface area (Å²) in [4.78, 5) is 0. The second-order valence-corrected chi connectivity index (χ2v) is 3.86. The Bertz CT molecular complexity index is 315. The molecule has 0 saturated heterocycles. The van der Waals surface area contributed by atoms with Gasteiger partial charge in [0.15, 0.2) is 0 Å². The maximum Gasteiger partial charge on any atom is 0.0639 e. The van der Waals surface area contributed by atoms with Crippen molar-refractivity contribution in [3.63, 3.8) is 0 Å². The SMILES string of the molecule is C=CCCCOCCNc1ccccc1Cl. The molecule has 88 valence electrons. The Hall–Kier alpha value is -0.990. The molecule has 1 aromatic rings. The van der Waals surface area contributed by atoms with Gasteiger partial charge in [-0.05, 0) is 25.0 Å². The number of hydrogen-bond acceptors (Lipinski definition) is 2. The molecule has 0 aliphatic carbocycles. The van der Waals surface area contributed by atoms with Gasteiger partial charge in [0.25, 0.3) is 0 Å². The molecule has 16 heavy (non-hydrogen) atoms. The molecule has 0 radical (unpaired) electrons. The fraction of sp³-hybridized carbons (Fsp3) is 0.385. The van der Waals surface area contributed by atoms with Crippen LogP contribution in [0.4, 0.5) is 5.69 Å². The Kier molecular flexibility index (Phi) is 6.70. The van der Waals surface area contributed by atoms with Gasteiger partial charge in [-0.15, -0.1) is 6.58 Å². The van der Waals surface area contributed by atoms with Gasteiger partial charge in [0.05, 0.1) is 17.3 Å². The zero-order chi connectivity index (χ0) is 11.6. The summed E-state index contributed by atoms with van der Waals surface area (Å²) in [5.74, 6) is 0. The summed E-state index contributed by atoms with van der Waals surface area (Å²) < 4.78 is 5.44. The second kappa shape index (κ2) is 8.20. The molecule has 0 aliphatic heterocycles. The molecule has 0 atom stereocenters. The fourth-order valence-corrected chi connectivity index (χ4v) is 1.50. The highest BCUT2D eigenvalue weighted by atomic mass is 35.5. The number of benzene rings is 1. The van der Waals surface area contributed by atoms with Crippen molar-refractivity contribution in [1.29, 1.82) is 0 Å². The van der Waals surface area contributed by atoms with E-state index in [4.69, 9.17) is 16.3 Å². The van der Waals surface area contributed by atoms with Crippen molar-refractivity contribution in [3.8, 4) is 0 Å². The van der Waals surface area contributed by atoms with Crippen LogP contribution in [0, 0.1) is 0 Å². The van der Waals surface area contributed by atoms with E-state index in [-0.39, 0.29) is 0 Å². The van der Waals surface area contributed by atoms with E-state index >= 15 is 0 Å². The molecule has 0 saturated carbocycles. The summed E-state index contributed by atoms with van der Waals surface area (Å²) in [6, 6.07) is 7.70. The average Bonchev–Trinajstić information content (AvgIpc) is 2.30. The van der Waals surface area contributed by atoms with Crippen LogP contribution in [0.5, 0.6) is 0 Å². The molecule has 0 spiro atoms. The summed E-state index contributed by atoms with van der Waals surface area (Å²) >= 11 is 5.99. The predicted molar refractivity (Wildman–Crippen MR) is 70.2 cm³/mol. The van der Waals surface area contributed by atoms with Crippen LogP contribution in [0.3, 0.4) is 0 Å².